The maximum atomic E-state index is 12.3. The minimum absolute atomic E-state index is 0.0737. The van der Waals surface area contributed by atoms with Gasteiger partial charge in [0.05, 0.1) is 13.2 Å². The zero-order valence-corrected chi connectivity index (χ0v) is 13.9. The average Bonchev–Trinajstić information content (AvgIpc) is 3.23. The van der Waals surface area contributed by atoms with E-state index in [4.69, 9.17) is 9.15 Å². The molecule has 1 N–H and O–H groups in total. The fourth-order valence-electron chi connectivity index (χ4n) is 3.16. The molecule has 0 unspecified atom stereocenters. The van der Waals surface area contributed by atoms with Crippen LogP contribution in [0.25, 0.3) is 0 Å². The van der Waals surface area contributed by atoms with Gasteiger partial charge in [0, 0.05) is 37.3 Å². The number of rotatable bonds is 5. The summed E-state index contributed by atoms with van der Waals surface area (Å²) in [6.07, 6.45) is 1.93. The number of hydrogen-bond donors (Lipinski definition) is 1. The summed E-state index contributed by atoms with van der Waals surface area (Å²) in [5.41, 5.74) is 0.0737. The summed E-state index contributed by atoms with van der Waals surface area (Å²) in [6.45, 7) is 6.19. The Morgan fingerprint density at radius 1 is 1.41 bits per heavy atom. The standard InChI is InChI=1S/C16H24N2O3S/c1-2-13-3-4-14(21-13)15(19)17-11-16(5-10-22-12-16)18-6-8-20-9-7-18/h3-4H,2,5-12H2,1H3,(H,17,19)/t16-/m0/s1. The van der Waals surface area contributed by atoms with E-state index in [1.165, 1.54) is 0 Å². The molecule has 2 aliphatic rings. The van der Waals surface area contributed by atoms with Crippen LogP contribution in [0.4, 0.5) is 0 Å². The third-order valence-electron chi connectivity index (χ3n) is 4.58. The molecule has 1 atom stereocenters. The van der Waals surface area contributed by atoms with Crippen LogP contribution in [0.1, 0.15) is 29.7 Å². The van der Waals surface area contributed by atoms with Crippen molar-refractivity contribution in [3.8, 4) is 0 Å². The van der Waals surface area contributed by atoms with E-state index in [1.54, 1.807) is 6.07 Å². The van der Waals surface area contributed by atoms with Gasteiger partial charge in [-0.3, -0.25) is 9.69 Å². The minimum Gasteiger partial charge on any atom is -0.456 e. The molecule has 1 aromatic rings. The molecule has 0 aliphatic carbocycles. The third kappa shape index (κ3) is 3.34. The molecule has 0 aromatic carbocycles. The number of thioether (sulfide) groups is 1. The average molecular weight is 324 g/mol. The molecule has 5 nitrogen and oxygen atoms in total. The Bertz CT molecular complexity index is 505. The lowest BCUT2D eigenvalue weighted by molar-refractivity contribution is -0.0129. The number of amides is 1. The van der Waals surface area contributed by atoms with Gasteiger partial charge in [0.15, 0.2) is 5.76 Å². The number of hydrogen-bond acceptors (Lipinski definition) is 5. The molecule has 2 aliphatic heterocycles. The van der Waals surface area contributed by atoms with Crippen LogP contribution >= 0.6 is 11.8 Å². The first-order valence-electron chi connectivity index (χ1n) is 8.01. The fourth-order valence-corrected chi connectivity index (χ4v) is 4.63. The molecule has 0 radical (unpaired) electrons. The van der Waals surface area contributed by atoms with E-state index < -0.39 is 0 Å². The second-order valence-corrected chi connectivity index (χ2v) is 7.03. The summed E-state index contributed by atoms with van der Waals surface area (Å²) in [5, 5.41) is 3.09. The Labute approximate surface area is 135 Å². The van der Waals surface area contributed by atoms with Crippen LogP contribution in [0.5, 0.6) is 0 Å². The molecule has 3 heterocycles. The first-order valence-corrected chi connectivity index (χ1v) is 9.16. The normalized spacial score (nSPS) is 26.2. The smallest absolute Gasteiger partial charge is 0.287 e. The Morgan fingerprint density at radius 2 is 2.23 bits per heavy atom. The topological polar surface area (TPSA) is 54.7 Å². The Balaban J connectivity index is 1.62. The van der Waals surface area contributed by atoms with E-state index in [1.807, 2.05) is 24.8 Å². The zero-order valence-electron chi connectivity index (χ0n) is 13.1. The van der Waals surface area contributed by atoms with Gasteiger partial charge < -0.3 is 14.5 Å². The van der Waals surface area contributed by atoms with Crippen molar-refractivity contribution in [3.05, 3.63) is 23.7 Å². The van der Waals surface area contributed by atoms with Gasteiger partial charge in [0.2, 0.25) is 0 Å². The van der Waals surface area contributed by atoms with E-state index in [9.17, 15) is 4.79 Å². The molecule has 3 rings (SSSR count). The highest BCUT2D eigenvalue weighted by Crippen LogP contribution is 2.33. The minimum atomic E-state index is -0.107. The molecule has 122 valence electrons. The second kappa shape index (κ2) is 7.06. The van der Waals surface area contributed by atoms with Gasteiger partial charge in [-0.1, -0.05) is 6.92 Å². The van der Waals surface area contributed by atoms with Crippen molar-refractivity contribution in [1.29, 1.82) is 0 Å². The lowest BCUT2D eigenvalue weighted by atomic mass is 9.95. The maximum absolute atomic E-state index is 12.3. The predicted octanol–water partition coefficient (Wildman–Crippen LogP) is 1.78. The van der Waals surface area contributed by atoms with Crippen molar-refractivity contribution in [2.45, 2.75) is 25.3 Å². The third-order valence-corrected chi connectivity index (χ3v) is 5.81. The van der Waals surface area contributed by atoms with Crippen LogP contribution in [0.2, 0.25) is 0 Å². The van der Waals surface area contributed by atoms with E-state index in [0.29, 0.717) is 12.3 Å². The molecule has 22 heavy (non-hydrogen) atoms. The van der Waals surface area contributed by atoms with E-state index in [0.717, 1.165) is 56.4 Å². The monoisotopic (exact) mass is 324 g/mol. The van der Waals surface area contributed by atoms with Crippen LogP contribution in [0.15, 0.2) is 16.5 Å². The Kier molecular flexibility index (Phi) is 5.10. The summed E-state index contributed by atoms with van der Waals surface area (Å²) in [7, 11) is 0. The van der Waals surface area contributed by atoms with Crippen molar-refractivity contribution < 1.29 is 13.9 Å². The highest BCUT2D eigenvalue weighted by Gasteiger charge is 2.41. The quantitative estimate of drug-likeness (QED) is 0.895. The van der Waals surface area contributed by atoms with Gasteiger partial charge in [-0.05, 0) is 24.3 Å². The van der Waals surface area contributed by atoms with Crippen molar-refractivity contribution >= 4 is 17.7 Å². The number of furan rings is 1. The van der Waals surface area contributed by atoms with Crippen molar-refractivity contribution in [1.82, 2.24) is 10.2 Å². The number of morpholine rings is 1. The summed E-state index contributed by atoms with van der Waals surface area (Å²) >= 11 is 1.97. The lowest BCUT2D eigenvalue weighted by Crippen LogP contribution is -2.59. The molecule has 0 bridgehead atoms. The van der Waals surface area contributed by atoms with Crippen molar-refractivity contribution in [2.24, 2.45) is 0 Å². The Morgan fingerprint density at radius 3 is 2.86 bits per heavy atom. The molecule has 2 fully saturated rings. The van der Waals surface area contributed by atoms with E-state index in [-0.39, 0.29) is 11.4 Å². The first kappa shape index (κ1) is 15.9. The van der Waals surface area contributed by atoms with Gasteiger partial charge >= 0.3 is 0 Å². The summed E-state index contributed by atoms with van der Waals surface area (Å²) < 4.78 is 11.0. The number of nitrogens with zero attached hydrogens (tertiary/aromatic N) is 1. The predicted molar refractivity (Wildman–Crippen MR) is 87.5 cm³/mol. The van der Waals surface area contributed by atoms with Gasteiger partial charge in [-0.15, -0.1) is 0 Å². The molecule has 0 spiro atoms. The highest BCUT2D eigenvalue weighted by molar-refractivity contribution is 7.99. The number of carbonyl (C=O) groups excluding carboxylic acids is 1. The first-order chi connectivity index (χ1) is 10.7. The molecule has 2 saturated heterocycles. The van der Waals surface area contributed by atoms with Crippen LogP contribution in [-0.2, 0) is 11.2 Å². The maximum Gasteiger partial charge on any atom is 0.287 e. The zero-order chi connectivity index (χ0) is 15.4. The van der Waals surface area contributed by atoms with Gasteiger partial charge in [0.25, 0.3) is 5.91 Å². The largest absolute Gasteiger partial charge is 0.456 e. The summed E-state index contributed by atoms with van der Waals surface area (Å²) in [4.78, 5) is 14.8. The van der Waals surface area contributed by atoms with Gasteiger partial charge in [-0.2, -0.15) is 11.8 Å². The lowest BCUT2D eigenvalue weighted by Gasteiger charge is -2.42. The van der Waals surface area contributed by atoms with Crippen molar-refractivity contribution in [2.75, 3.05) is 44.4 Å². The molecular weight excluding hydrogens is 300 g/mol. The van der Waals surface area contributed by atoms with E-state index >= 15 is 0 Å². The Hall–Kier alpha value is -0.980. The van der Waals surface area contributed by atoms with E-state index in [2.05, 4.69) is 10.2 Å². The van der Waals surface area contributed by atoms with Crippen LogP contribution in [0.3, 0.4) is 0 Å². The summed E-state index contributed by atoms with van der Waals surface area (Å²) in [6, 6.07) is 3.64. The van der Waals surface area contributed by atoms with Gasteiger partial charge in [0.1, 0.15) is 5.76 Å². The summed E-state index contributed by atoms with van der Waals surface area (Å²) in [5.74, 6) is 3.40. The van der Waals surface area contributed by atoms with Crippen molar-refractivity contribution in [3.63, 3.8) is 0 Å². The molecule has 1 amide bonds. The van der Waals surface area contributed by atoms with Crippen LogP contribution in [-0.4, -0.2) is 60.7 Å². The van der Waals surface area contributed by atoms with Crippen LogP contribution in [0, 0.1) is 0 Å². The van der Waals surface area contributed by atoms with Gasteiger partial charge in [-0.25, -0.2) is 0 Å². The molecule has 6 heteroatoms. The number of nitrogens with one attached hydrogen (secondary N) is 1. The highest BCUT2D eigenvalue weighted by atomic mass is 32.2. The molecular formula is C16H24N2O3S. The second-order valence-electron chi connectivity index (χ2n) is 5.93. The van der Waals surface area contributed by atoms with Crippen LogP contribution < -0.4 is 5.32 Å². The fraction of sp³-hybridized carbons (Fsp3) is 0.688. The molecule has 1 aromatic heterocycles. The molecule has 0 saturated carbocycles. The number of carbonyl (C=O) groups is 1. The SMILES string of the molecule is CCc1ccc(C(=O)NC[C@@]2(N3CCOCC3)CCSC2)o1. The number of aryl methyl sites for hydroxylation is 1. The number of ether oxygens (including phenoxy) is 1.